The predicted molar refractivity (Wildman–Crippen MR) is 61.7 cm³/mol. The van der Waals surface area contributed by atoms with Gasteiger partial charge >= 0.3 is 5.88 Å². The predicted octanol–water partition coefficient (Wildman–Crippen LogP) is 2.43. The fourth-order valence-electron chi connectivity index (χ4n) is 1.20. The van der Waals surface area contributed by atoms with Gasteiger partial charge in [-0.15, -0.1) is 0 Å². The molecule has 2 aromatic rings. The number of nitro groups is 1. The first-order valence-electron chi connectivity index (χ1n) is 4.92. The van der Waals surface area contributed by atoms with Crippen molar-refractivity contribution in [3.05, 3.63) is 52.5 Å². The highest BCUT2D eigenvalue weighted by Gasteiger charge is 2.10. The Hall–Kier alpha value is -2.83. The molecule has 2 heterocycles. The van der Waals surface area contributed by atoms with Crippen molar-refractivity contribution in [2.45, 2.75) is 0 Å². The maximum atomic E-state index is 11.4. The molecule has 0 saturated carbocycles. The molecule has 2 aromatic heterocycles. The van der Waals surface area contributed by atoms with Gasteiger partial charge in [0.2, 0.25) is 0 Å². The van der Waals surface area contributed by atoms with Crippen LogP contribution < -0.4 is 5.32 Å². The van der Waals surface area contributed by atoms with E-state index in [-0.39, 0.29) is 11.6 Å². The van der Waals surface area contributed by atoms with Crippen molar-refractivity contribution in [1.29, 1.82) is 0 Å². The summed E-state index contributed by atoms with van der Waals surface area (Å²) in [6.07, 6.45) is 3.94. The fourth-order valence-corrected chi connectivity index (χ4v) is 1.20. The van der Waals surface area contributed by atoms with Crippen molar-refractivity contribution < 1.29 is 18.6 Å². The zero-order chi connectivity index (χ0) is 13.0. The lowest BCUT2D eigenvalue weighted by atomic mass is 10.4. The number of rotatable bonds is 4. The van der Waals surface area contributed by atoms with E-state index in [4.69, 9.17) is 8.83 Å². The molecule has 0 aliphatic rings. The quantitative estimate of drug-likeness (QED) is 0.509. The van der Waals surface area contributed by atoms with Gasteiger partial charge in [-0.25, -0.2) is 0 Å². The molecule has 0 saturated heterocycles. The van der Waals surface area contributed by atoms with Crippen LogP contribution in [0.2, 0.25) is 0 Å². The molecule has 92 valence electrons. The third kappa shape index (κ3) is 2.85. The van der Waals surface area contributed by atoms with Gasteiger partial charge in [-0.3, -0.25) is 20.2 Å². The maximum absolute atomic E-state index is 11.4. The van der Waals surface area contributed by atoms with Gasteiger partial charge in [0.25, 0.3) is 5.91 Å². The second kappa shape index (κ2) is 5.00. The third-order valence-corrected chi connectivity index (χ3v) is 1.96. The Balaban J connectivity index is 1.97. The summed E-state index contributed by atoms with van der Waals surface area (Å²) in [7, 11) is 0. The SMILES string of the molecule is O=C(C=Cc1ccc([N+](=O)[O-])o1)Nc1ccco1. The maximum Gasteiger partial charge on any atom is 0.433 e. The highest BCUT2D eigenvalue weighted by Crippen LogP contribution is 2.16. The Morgan fingerprint density at radius 1 is 1.39 bits per heavy atom. The first-order valence-corrected chi connectivity index (χ1v) is 4.92. The molecule has 0 aromatic carbocycles. The van der Waals surface area contributed by atoms with Crippen LogP contribution in [0, 0.1) is 10.1 Å². The Kier molecular flexibility index (Phi) is 3.24. The zero-order valence-corrected chi connectivity index (χ0v) is 9.03. The molecule has 1 N–H and O–H groups in total. The van der Waals surface area contributed by atoms with E-state index in [0.29, 0.717) is 5.88 Å². The first kappa shape index (κ1) is 11.6. The number of nitrogens with zero attached hydrogens (tertiary/aromatic N) is 1. The van der Waals surface area contributed by atoms with Gasteiger partial charge in [-0.1, -0.05) is 0 Å². The highest BCUT2D eigenvalue weighted by molar-refractivity contribution is 6.00. The number of furan rings is 2. The lowest BCUT2D eigenvalue weighted by molar-refractivity contribution is -0.402. The number of anilines is 1. The second-order valence-electron chi connectivity index (χ2n) is 3.23. The van der Waals surface area contributed by atoms with Crippen molar-refractivity contribution in [1.82, 2.24) is 0 Å². The minimum absolute atomic E-state index is 0.219. The standard InChI is InChI=1S/C11H8N2O5/c14-9(12-10-2-1-7-17-10)5-3-8-4-6-11(18-8)13(15)16/h1-7H,(H,12,14). The van der Waals surface area contributed by atoms with E-state index in [1.54, 1.807) is 12.1 Å². The normalized spacial score (nSPS) is 10.7. The molecule has 0 unspecified atom stereocenters. The fraction of sp³-hybridized carbons (Fsp3) is 0. The average Bonchev–Trinajstić information content (AvgIpc) is 2.96. The van der Waals surface area contributed by atoms with Crippen LogP contribution in [0.1, 0.15) is 5.76 Å². The largest absolute Gasteiger partial charge is 0.449 e. The summed E-state index contributed by atoms with van der Waals surface area (Å²) >= 11 is 0. The van der Waals surface area contributed by atoms with E-state index in [0.717, 1.165) is 0 Å². The third-order valence-electron chi connectivity index (χ3n) is 1.96. The van der Waals surface area contributed by atoms with Crippen molar-refractivity contribution in [2.75, 3.05) is 5.32 Å². The van der Waals surface area contributed by atoms with Crippen LogP contribution in [-0.2, 0) is 4.79 Å². The van der Waals surface area contributed by atoms with Crippen LogP contribution in [0.25, 0.3) is 6.08 Å². The van der Waals surface area contributed by atoms with Crippen LogP contribution in [0.3, 0.4) is 0 Å². The first-order chi connectivity index (χ1) is 8.65. The van der Waals surface area contributed by atoms with Gasteiger partial charge in [0.15, 0.2) is 5.88 Å². The van der Waals surface area contributed by atoms with Crippen LogP contribution in [0.4, 0.5) is 11.8 Å². The van der Waals surface area contributed by atoms with E-state index < -0.39 is 10.8 Å². The van der Waals surface area contributed by atoms with Gasteiger partial charge < -0.3 is 8.83 Å². The molecule has 7 heteroatoms. The average molecular weight is 248 g/mol. The Labute approximate surface area is 101 Å². The molecule has 2 rings (SSSR count). The monoisotopic (exact) mass is 248 g/mol. The van der Waals surface area contributed by atoms with Gasteiger partial charge in [-0.05, 0) is 18.2 Å². The van der Waals surface area contributed by atoms with Crippen LogP contribution in [0.15, 0.2) is 45.4 Å². The molecule has 0 aliphatic heterocycles. The van der Waals surface area contributed by atoms with E-state index in [2.05, 4.69) is 5.32 Å². The van der Waals surface area contributed by atoms with E-state index in [9.17, 15) is 14.9 Å². The smallest absolute Gasteiger partial charge is 0.433 e. The Morgan fingerprint density at radius 3 is 2.83 bits per heavy atom. The number of hydrogen-bond acceptors (Lipinski definition) is 5. The number of hydrogen-bond donors (Lipinski definition) is 1. The summed E-state index contributed by atoms with van der Waals surface area (Å²) in [5, 5.41) is 12.8. The van der Waals surface area contributed by atoms with Crippen molar-refractivity contribution in [3.63, 3.8) is 0 Å². The van der Waals surface area contributed by atoms with Crippen LogP contribution >= 0.6 is 0 Å². The highest BCUT2D eigenvalue weighted by atomic mass is 16.6. The van der Waals surface area contributed by atoms with Gasteiger partial charge in [0.1, 0.15) is 10.7 Å². The molecule has 18 heavy (non-hydrogen) atoms. The minimum Gasteiger partial charge on any atom is -0.449 e. The summed E-state index contributed by atoms with van der Waals surface area (Å²) in [5.74, 6) is -0.267. The van der Waals surface area contributed by atoms with Crippen molar-refractivity contribution in [3.8, 4) is 0 Å². The lowest BCUT2D eigenvalue weighted by Crippen LogP contribution is -2.06. The van der Waals surface area contributed by atoms with Gasteiger partial charge in [-0.2, -0.15) is 0 Å². The molecule has 7 nitrogen and oxygen atoms in total. The number of carbonyl (C=O) groups excluding carboxylic acids is 1. The van der Waals surface area contributed by atoms with Crippen molar-refractivity contribution in [2.24, 2.45) is 0 Å². The summed E-state index contributed by atoms with van der Waals surface area (Å²) in [5.41, 5.74) is 0. The molecule has 1 amide bonds. The molecule has 0 atom stereocenters. The topological polar surface area (TPSA) is 98.5 Å². The molecule has 0 spiro atoms. The van der Waals surface area contributed by atoms with Gasteiger partial charge in [0, 0.05) is 12.1 Å². The Bertz CT molecular complexity index is 582. The summed E-state index contributed by atoms with van der Waals surface area (Å²) in [4.78, 5) is 21.1. The summed E-state index contributed by atoms with van der Waals surface area (Å²) in [6, 6.07) is 5.83. The summed E-state index contributed by atoms with van der Waals surface area (Å²) in [6.45, 7) is 0. The second-order valence-corrected chi connectivity index (χ2v) is 3.23. The molecule has 0 aliphatic carbocycles. The molecule has 0 bridgehead atoms. The molecular weight excluding hydrogens is 240 g/mol. The number of nitrogens with one attached hydrogen (secondary N) is 1. The van der Waals surface area contributed by atoms with E-state index in [1.165, 1.54) is 30.5 Å². The zero-order valence-electron chi connectivity index (χ0n) is 9.03. The molecular formula is C11H8N2O5. The molecule has 0 radical (unpaired) electrons. The van der Waals surface area contributed by atoms with E-state index >= 15 is 0 Å². The van der Waals surface area contributed by atoms with Crippen LogP contribution in [-0.4, -0.2) is 10.8 Å². The number of amides is 1. The van der Waals surface area contributed by atoms with E-state index in [1.807, 2.05) is 0 Å². The Morgan fingerprint density at radius 2 is 2.22 bits per heavy atom. The lowest BCUT2D eigenvalue weighted by Gasteiger charge is -1.94. The van der Waals surface area contributed by atoms with Gasteiger partial charge in [0.05, 0.1) is 12.3 Å². The number of carbonyl (C=O) groups is 1. The minimum atomic E-state index is -0.653. The van der Waals surface area contributed by atoms with Crippen LogP contribution in [0.5, 0.6) is 0 Å². The molecule has 0 fully saturated rings. The van der Waals surface area contributed by atoms with Crippen molar-refractivity contribution >= 4 is 23.8 Å². The summed E-state index contributed by atoms with van der Waals surface area (Å²) < 4.78 is 9.75.